The summed E-state index contributed by atoms with van der Waals surface area (Å²) < 4.78 is 80.2. The minimum Gasteiger partial charge on any atom is -0.495 e. The highest BCUT2D eigenvalue weighted by Gasteiger charge is 2.34. The smallest absolute Gasteiger partial charge is 0.321 e. The van der Waals surface area contributed by atoms with Gasteiger partial charge in [0, 0.05) is 29.0 Å². The molecule has 0 radical (unpaired) electrons. The van der Waals surface area contributed by atoms with Gasteiger partial charge in [-0.25, -0.2) is 26.6 Å². The van der Waals surface area contributed by atoms with Crippen LogP contribution in [0.25, 0.3) is 5.69 Å². The molecule has 1 heterocycles. The van der Waals surface area contributed by atoms with Gasteiger partial charge in [-0.15, -0.1) is 0 Å². The van der Waals surface area contributed by atoms with Gasteiger partial charge in [0.1, 0.15) is 29.2 Å². The molecule has 0 amide bonds. The minimum atomic E-state index is -4.58. The van der Waals surface area contributed by atoms with Crippen molar-refractivity contribution in [2.75, 3.05) is 34.3 Å². The van der Waals surface area contributed by atoms with E-state index in [1.807, 2.05) is 38.9 Å². The van der Waals surface area contributed by atoms with Gasteiger partial charge < -0.3 is 14.7 Å². The molecule has 0 aliphatic heterocycles. The van der Waals surface area contributed by atoms with Gasteiger partial charge in [0.25, 0.3) is 0 Å². The van der Waals surface area contributed by atoms with Crippen molar-refractivity contribution in [1.29, 1.82) is 0 Å². The molecule has 1 atom stereocenters. The number of hydrogen-bond acceptors (Lipinski definition) is 7. The molecule has 0 unspecified atom stereocenters. The van der Waals surface area contributed by atoms with E-state index in [1.54, 1.807) is 35.0 Å². The maximum absolute atomic E-state index is 15.6. The molecule has 0 saturated heterocycles. The van der Waals surface area contributed by atoms with Gasteiger partial charge >= 0.3 is 5.97 Å². The van der Waals surface area contributed by atoms with Gasteiger partial charge in [-0.3, -0.25) is 9.36 Å². The van der Waals surface area contributed by atoms with Crippen LogP contribution < -0.4 is 4.74 Å². The Kier molecular flexibility index (Phi) is 12.7. The first kappa shape index (κ1) is 39.2. The number of nitrogens with zero attached hydrogens (tertiary/aromatic N) is 4. The quantitative estimate of drug-likeness (QED) is 0.0935. The van der Waals surface area contributed by atoms with Crippen molar-refractivity contribution in [3.63, 3.8) is 0 Å². The highest BCUT2D eigenvalue weighted by atomic mass is 35.5. The monoisotopic (exact) mass is 752 g/mol. The highest BCUT2D eigenvalue weighted by Crippen LogP contribution is 2.39. The predicted molar refractivity (Wildman–Crippen MR) is 188 cm³/mol. The number of rotatable bonds is 16. The number of benzene rings is 3. The topological polar surface area (TPSA) is 105 Å². The zero-order valence-corrected chi connectivity index (χ0v) is 31.0. The number of carboxylic acid groups (broad SMARTS) is 1. The summed E-state index contributed by atoms with van der Waals surface area (Å²) in [5.41, 5.74) is 0.953. The third kappa shape index (κ3) is 8.65. The molecule has 9 nitrogen and oxygen atoms in total. The summed E-state index contributed by atoms with van der Waals surface area (Å²) >= 11 is 7.28. The number of sulfonamides is 1. The number of carbonyl (C=O) groups is 1. The second-order valence-corrected chi connectivity index (χ2v) is 15.7. The van der Waals surface area contributed by atoms with E-state index in [1.165, 1.54) is 26.2 Å². The third-order valence-corrected chi connectivity index (χ3v) is 11.7. The number of unbranched alkanes of at least 4 members (excludes halogenated alkanes) is 1. The molecule has 0 fully saturated rings. The maximum atomic E-state index is 15.6. The Hall–Kier alpha value is -3.56. The molecular formula is C35H40ClF3N4O5S2. The van der Waals surface area contributed by atoms with Crippen molar-refractivity contribution in [2.24, 2.45) is 0 Å². The minimum absolute atomic E-state index is 0.141. The summed E-state index contributed by atoms with van der Waals surface area (Å²) in [6, 6.07) is 11.0. The molecule has 4 rings (SSSR count). The van der Waals surface area contributed by atoms with Gasteiger partial charge in [0.05, 0.1) is 28.9 Å². The molecule has 15 heteroatoms. The molecule has 50 heavy (non-hydrogen) atoms. The zero-order valence-electron chi connectivity index (χ0n) is 28.6. The van der Waals surface area contributed by atoms with Crippen molar-refractivity contribution in [2.45, 2.75) is 60.9 Å². The molecule has 1 aromatic heterocycles. The molecule has 0 aliphatic carbocycles. The summed E-state index contributed by atoms with van der Waals surface area (Å²) in [6.45, 7) is 5.63. The average Bonchev–Trinajstić information content (AvgIpc) is 3.49. The largest absolute Gasteiger partial charge is 0.495 e. The summed E-state index contributed by atoms with van der Waals surface area (Å²) in [4.78, 5) is 17.6. The third-order valence-electron chi connectivity index (χ3n) is 8.42. The molecule has 4 aromatic rings. The van der Waals surface area contributed by atoms with Gasteiger partial charge in [0.15, 0.2) is 5.16 Å². The maximum Gasteiger partial charge on any atom is 0.321 e. The Morgan fingerprint density at radius 2 is 1.66 bits per heavy atom. The van der Waals surface area contributed by atoms with Crippen LogP contribution >= 0.6 is 23.4 Å². The van der Waals surface area contributed by atoms with E-state index in [-0.39, 0.29) is 12.3 Å². The first-order chi connectivity index (χ1) is 23.5. The number of imidazole rings is 1. The summed E-state index contributed by atoms with van der Waals surface area (Å²) in [7, 11) is 0.641. The average molecular weight is 753 g/mol. The van der Waals surface area contributed by atoms with E-state index >= 15 is 8.78 Å². The molecule has 1 N–H and O–H groups in total. The second-order valence-electron chi connectivity index (χ2n) is 12.5. The highest BCUT2D eigenvalue weighted by molar-refractivity contribution is 7.98. The van der Waals surface area contributed by atoms with Crippen molar-refractivity contribution >= 4 is 39.4 Å². The van der Waals surface area contributed by atoms with E-state index in [4.69, 9.17) is 16.3 Å². The molecule has 270 valence electrons. The number of aromatic nitrogens is 2. The number of thioether (sulfide) groups is 1. The Balaban J connectivity index is 1.68. The van der Waals surface area contributed by atoms with Crippen LogP contribution in [-0.2, 0) is 26.0 Å². The van der Waals surface area contributed by atoms with Crippen LogP contribution in [0.1, 0.15) is 50.4 Å². The molecule has 0 spiro atoms. The standard InChI is InChI=1S/C35H40ClF3N4O5S2/c1-22(33(44)45)42(16-8-7-15-41(4)5)50(46,47)26-18-29(38)27(30(39)19-26)21-49-34-40-20-32(43(34)25-12-10-24(37)11-13-25)35(2,3)23-9-14-28(36)31(17-23)48-6/h9-14,17-20,22H,7-8,15-16,21H2,1-6H3,(H,44,45)/t22-/m1/s1. The van der Waals surface area contributed by atoms with E-state index in [9.17, 15) is 22.7 Å². The summed E-state index contributed by atoms with van der Waals surface area (Å²) in [5.74, 6) is -3.86. The van der Waals surface area contributed by atoms with Gasteiger partial charge in [-0.2, -0.15) is 4.31 Å². The van der Waals surface area contributed by atoms with Crippen molar-refractivity contribution in [1.82, 2.24) is 18.8 Å². The van der Waals surface area contributed by atoms with E-state index in [0.717, 1.165) is 21.6 Å². The van der Waals surface area contributed by atoms with Gasteiger partial charge in [0.2, 0.25) is 10.0 Å². The normalized spacial score (nSPS) is 12.9. The lowest BCUT2D eigenvalue weighted by Gasteiger charge is -2.28. The number of ether oxygens (including phenoxy) is 1. The first-order valence-electron chi connectivity index (χ1n) is 15.7. The van der Waals surface area contributed by atoms with E-state index < -0.39 is 55.4 Å². The second kappa shape index (κ2) is 16.2. The SMILES string of the molecule is COc1cc(C(C)(C)c2cnc(SCc3c(F)cc(S(=O)(=O)N(CCCCN(C)C)[C@H](C)C(=O)O)cc3F)n2-c2ccc(F)cc2)ccc1Cl. The van der Waals surface area contributed by atoms with Crippen molar-refractivity contribution < 1.29 is 36.2 Å². The molecule has 0 saturated carbocycles. The number of carboxylic acids is 1. The lowest BCUT2D eigenvalue weighted by molar-refractivity contribution is -0.140. The summed E-state index contributed by atoms with van der Waals surface area (Å²) in [5, 5.41) is 10.4. The van der Waals surface area contributed by atoms with Crippen LogP contribution in [0.2, 0.25) is 5.02 Å². The van der Waals surface area contributed by atoms with Crippen LogP contribution in [0, 0.1) is 17.5 Å². The van der Waals surface area contributed by atoms with Gasteiger partial charge in [-0.1, -0.05) is 43.3 Å². The lowest BCUT2D eigenvalue weighted by atomic mass is 9.81. The summed E-state index contributed by atoms with van der Waals surface area (Å²) in [6.07, 6.45) is 2.57. The van der Waals surface area contributed by atoms with Crippen LogP contribution in [0.15, 0.2) is 70.8 Å². The van der Waals surface area contributed by atoms with Crippen LogP contribution in [0.4, 0.5) is 13.2 Å². The Labute approximate surface area is 300 Å². The fraction of sp³-hybridized carbons (Fsp3) is 0.371. The predicted octanol–water partition coefficient (Wildman–Crippen LogP) is 7.38. The zero-order chi connectivity index (χ0) is 37.0. The fourth-order valence-electron chi connectivity index (χ4n) is 5.39. The lowest BCUT2D eigenvalue weighted by Crippen LogP contribution is -2.43. The van der Waals surface area contributed by atoms with Crippen LogP contribution in [0.5, 0.6) is 5.75 Å². The van der Waals surface area contributed by atoms with E-state index in [2.05, 4.69) is 4.98 Å². The Morgan fingerprint density at radius 1 is 1.04 bits per heavy atom. The molecular weight excluding hydrogens is 713 g/mol. The Bertz CT molecular complexity index is 1920. The van der Waals surface area contributed by atoms with Gasteiger partial charge in [-0.05, 0) is 94.5 Å². The first-order valence-corrected chi connectivity index (χ1v) is 18.5. The fourth-order valence-corrected chi connectivity index (χ4v) is 8.25. The molecule has 0 bridgehead atoms. The van der Waals surface area contributed by atoms with Crippen molar-refractivity contribution in [3.05, 3.63) is 100 Å². The number of aliphatic carboxylic acids is 1. The van der Waals surface area contributed by atoms with Crippen LogP contribution in [0.3, 0.4) is 0 Å². The van der Waals surface area contributed by atoms with E-state index in [0.29, 0.717) is 58.8 Å². The molecule has 3 aromatic carbocycles. The van der Waals surface area contributed by atoms with Crippen molar-refractivity contribution in [3.8, 4) is 11.4 Å². The number of hydrogen-bond donors (Lipinski definition) is 1. The number of halogens is 4. The molecule has 0 aliphatic rings. The Morgan fingerprint density at radius 3 is 2.24 bits per heavy atom. The number of methoxy groups -OCH3 is 1. The van der Waals surface area contributed by atoms with Crippen LogP contribution in [-0.4, -0.2) is 78.6 Å².